The highest BCUT2D eigenvalue weighted by Gasteiger charge is 2.23. The monoisotopic (exact) mass is 323 g/mol. The van der Waals surface area contributed by atoms with E-state index in [9.17, 15) is 14.4 Å². The van der Waals surface area contributed by atoms with Gasteiger partial charge in [0.2, 0.25) is 0 Å². The molecule has 118 valence electrons. The second-order valence-electron chi connectivity index (χ2n) is 4.83. The molecule has 0 aliphatic heterocycles. The normalized spacial score (nSPS) is 12.2. The minimum atomic E-state index is -0.898. The number of hydrogen-bond donors (Lipinski definition) is 2. The van der Waals surface area contributed by atoms with Gasteiger partial charge in [0, 0.05) is 6.54 Å². The predicted octanol–water partition coefficient (Wildman–Crippen LogP) is 1.28. The lowest BCUT2D eigenvalue weighted by atomic mass is 10.2. The van der Waals surface area contributed by atoms with Crippen LogP contribution in [0.25, 0.3) is 10.2 Å². The number of nitrogens with zero attached hydrogens (tertiary/aromatic N) is 1. The molecule has 22 heavy (non-hydrogen) atoms. The highest BCUT2D eigenvalue weighted by Crippen LogP contribution is 2.27. The number of rotatable bonds is 4. The number of carbonyl (C=O) groups is 2. The van der Waals surface area contributed by atoms with Crippen molar-refractivity contribution in [2.45, 2.75) is 33.8 Å². The second kappa shape index (κ2) is 6.27. The topological polar surface area (TPSA) is 101 Å². The summed E-state index contributed by atoms with van der Waals surface area (Å²) in [4.78, 5) is 43.4. The number of hydrogen-bond acceptors (Lipinski definition) is 6. The van der Waals surface area contributed by atoms with Crippen molar-refractivity contribution in [2.75, 3.05) is 6.54 Å². The third-order valence-corrected chi connectivity index (χ3v) is 4.27. The summed E-state index contributed by atoms with van der Waals surface area (Å²) in [7, 11) is 0. The lowest BCUT2D eigenvalue weighted by Gasteiger charge is -2.12. The van der Waals surface area contributed by atoms with Crippen molar-refractivity contribution >= 4 is 33.4 Å². The molecule has 0 saturated carbocycles. The quantitative estimate of drug-likeness (QED) is 0.826. The summed E-state index contributed by atoms with van der Waals surface area (Å²) in [5, 5.41) is 2.96. The molecule has 0 aliphatic rings. The molecule has 7 nitrogen and oxygen atoms in total. The molecule has 0 aliphatic carbocycles. The zero-order chi connectivity index (χ0) is 16.4. The number of likely N-dealkylation sites (N-methyl/N-ethyl adjacent to an activating group) is 1. The Kier molecular flexibility index (Phi) is 4.60. The lowest BCUT2D eigenvalue weighted by Crippen LogP contribution is -2.35. The van der Waals surface area contributed by atoms with Crippen LogP contribution < -0.4 is 10.9 Å². The lowest BCUT2D eigenvalue weighted by molar-refractivity contribution is -0.128. The first-order valence-corrected chi connectivity index (χ1v) is 7.65. The smallest absolute Gasteiger partial charge is 0.349 e. The average Bonchev–Trinajstić information content (AvgIpc) is 2.76. The molecular formula is C14H17N3O4S. The number of aromatic nitrogens is 2. The molecule has 0 bridgehead atoms. The van der Waals surface area contributed by atoms with Crippen molar-refractivity contribution < 1.29 is 14.3 Å². The fourth-order valence-electron chi connectivity index (χ4n) is 2.03. The molecule has 0 saturated heterocycles. The number of carbonyl (C=O) groups excluding carboxylic acids is 2. The van der Waals surface area contributed by atoms with Crippen LogP contribution in [0, 0.1) is 13.8 Å². The highest BCUT2D eigenvalue weighted by molar-refractivity contribution is 7.20. The number of fused-ring (bicyclic) bond motifs is 1. The standard InChI is InChI=1S/C14H17N3O4S/c1-5-15-11(18)7(3)21-14(20)10-6(2)9-12(19)16-8(4)17-13(9)22-10/h7H,5H2,1-4H3,(H,15,18)(H,16,17,19)/t7-/m1/s1. The van der Waals surface area contributed by atoms with Crippen LogP contribution in [0.3, 0.4) is 0 Å². The molecular weight excluding hydrogens is 306 g/mol. The van der Waals surface area contributed by atoms with E-state index in [-0.39, 0.29) is 16.3 Å². The van der Waals surface area contributed by atoms with Crippen LogP contribution in [-0.4, -0.2) is 34.5 Å². The van der Waals surface area contributed by atoms with Gasteiger partial charge in [0.1, 0.15) is 15.5 Å². The van der Waals surface area contributed by atoms with E-state index in [1.807, 2.05) is 0 Å². The molecule has 0 aromatic carbocycles. The maximum atomic E-state index is 12.2. The third-order valence-electron chi connectivity index (χ3n) is 3.11. The van der Waals surface area contributed by atoms with Gasteiger partial charge < -0.3 is 15.0 Å². The van der Waals surface area contributed by atoms with Crippen LogP contribution in [0.4, 0.5) is 0 Å². The predicted molar refractivity (Wildman–Crippen MR) is 83.3 cm³/mol. The van der Waals surface area contributed by atoms with Crippen molar-refractivity contribution in [3.63, 3.8) is 0 Å². The Bertz CT molecular complexity index is 793. The Balaban J connectivity index is 2.33. The Morgan fingerprint density at radius 3 is 2.73 bits per heavy atom. The second-order valence-corrected chi connectivity index (χ2v) is 5.83. The minimum Gasteiger partial charge on any atom is -0.448 e. The molecule has 0 fully saturated rings. The van der Waals surface area contributed by atoms with E-state index in [1.54, 1.807) is 20.8 Å². The summed E-state index contributed by atoms with van der Waals surface area (Å²) in [6.07, 6.45) is -0.898. The number of aryl methyl sites for hydroxylation is 2. The Hall–Kier alpha value is -2.22. The maximum absolute atomic E-state index is 12.2. The number of aromatic amines is 1. The van der Waals surface area contributed by atoms with Crippen LogP contribution in [0.5, 0.6) is 0 Å². The van der Waals surface area contributed by atoms with Crippen molar-refractivity contribution in [3.05, 3.63) is 26.6 Å². The number of thiophene rings is 1. The van der Waals surface area contributed by atoms with Crippen LogP contribution in [0.1, 0.15) is 34.9 Å². The fourth-order valence-corrected chi connectivity index (χ4v) is 3.14. The van der Waals surface area contributed by atoms with Crippen LogP contribution >= 0.6 is 11.3 Å². The summed E-state index contributed by atoms with van der Waals surface area (Å²) in [5.74, 6) is -0.507. The van der Waals surface area contributed by atoms with E-state index in [0.29, 0.717) is 28.1 Å². The van der Waals surface area contributed by atoms with Gasteiger partial charge in [0.15, 0.2) is 6.10 Å². The first-order chi connectivity index (χ1) is 10.3. The molecule has 2 heterocycles. The molecule has 1 amide bonds. The summed E-state index contributed by atoms with van der Waals surface area (Å²) < 4.78 is 5.15. The number of nitrogens with one attached hydrogen (secondary N) is 2. The number of esters is 1. The van der Waals surface area contributed by atoms with Gasteiger partial charge in [0.05, 0.1) is 5.39 Å². The maximum Gasteiger partial charge on any atom is 0.349 e. The van der Waals surface area contributed by atoms with Crippen molar-refractivity contribution in [2.24, 2.45) is 0 Å². The van der Waals surface area contributed by atoms with Crippen molar-refractivity contribution in [3.8, 4) is 0 Å². The van der Waals surface area contributed by atoms with Gasteiger partial charge in [-0.3, -0.25) is 9.59 Å². The van der Waals surface area contributed by atoms with E-state index in [0.717, 1.165) is 11.3 Å². The summed E-state index contributed by atoms with van der Waals surface area (Å²) >= 11 is 1.09. The minimum absolute atomic E-state index is 0.285. The SMILES string of the molecule is CCNC(=O)[C@@H](C)OC(=O)c1sc2nc(C)[nH]c(=O)c2c1C. The van der Waals surface area contributed by atoms with E-state index < -0.39 is 12.1 Å². The van der Waals surface area contributed by atoms with Gasteiger partial charge >= 0.3 is 5.97 Å². The molecule has 0 radical (unpaired) electrons. The van der Waals surface area contributed by atoms with Gasteiger partial charge in [0.25, 0.3) is 11.5 Å². The van der Waals surface area contributed by atoms with Crippen molar-refractivity contribution in [1.82, 2.24) is 15.3 Å². The summed E-state index contributed by atoms with van der Waals surface area (Å²) in [6, 6.07) is 0. The zero-order valence-electron chi connectivity index (χ0n) is 12.8. The van der Waals surface area contributed by atoms with Gasteiger partial charge in [-0.25, -0.2) is 9.78 Å². The van der Waals surface area contributed by atoms with E-state index in [1.165, 1.54) is 6.92 Å². The van der Waals surface area contributed by atoms with E-state index in [2.05, 4.69) is 15.3 Å². The first kappa shape index (κ1) is 16.2. The van der Waals surface area contributed by atoms with Gasteiger partial charge in [-0.15, -0.1) is 11.3 Å². The molecule has 1 atom stereocenters. The summed E-state index contributed by atoms with van der Waals surface area (Å²) in [5.41, 5.74) is 0.230. The third kappa shape index (κ3) is 3.01. The molecule has 0 unspecified atom stereocenters. The van der Waals surface area contributed by atoms with Gasteiger partial charge in [-0.2, -0.15) is 0 Å². The Morgan fingerprint density at radius 1 is 1.41 bits per heavy atom. The number of ether oxygens (including phenoxy) is 1. The van der Waals surface area contributed by atoms with Crippen LogP contribution in [0.2, 0.25) is 0 Å². The number of H-pyrrole nitrogens is 1. The Labute approximate surface area is 130 Å². The van der Waals surface area contributed by atoms with Gasteiger partial charge in [-0.1, -0.05) is 0 Å². The van der Waals surface area contributed by atoms with Crippen molar-refractivity contribution in [1.29, 1.82) is 0 Å². The van der Waals surface area contributed by atoms with E-state index in [4.69, 9.17) is 4.74 Å². The number of amides is 1. The molecule has 2 aromatic heterocycles. The average molecular weight is 323 g/mol. The molecule has 2 rings (SSSR count). The van der Waals surface area contributed by atoms with Crippen LogP contribution in [-0.2, 0) is 9.53 Å². The zero-order valence-corrected chi connectivity index (χ0v) is 13.6. The summed E-state index contributed by atoms with van der Waals surface area (Å²) in [6.45, 7) is 7.08. The fraction of sp³-hybridized carbons (Fsp3) is 0.429. The molecule has 8 heteroatoms. The Morgan fingerprint density at radius 2 is 2.09 bits per heavy atom. The molecule has 2 aromatic rings. The largest absolute Gasteiger partial charge is 0.448 e. The highest BCUT2D eigenvalue weighted by atomic mass is 32.1. The van der Waals surface area contributed by atoms with Gasteiger partial charge in [-0.05, 0) is 33.3 Å². The van der Waals surface area contributed by atoms with E-state index >= 15 is 0 Å². The first-order valence-electron chi connectivity index (χ1n) is 6.83. The molecule has 2 N–H and O–H groups in total. The van der Waals surface area contributed by atoms with Crippen LogP contribution in [0.15, 0.2) is 4.79 Å². The molecule has 0 spiro atoms.